The summed E-state index contributed by atoms with van der Waals surface area (Å²) in [6.07, 6.45) is 5.78. The summed E-state index contributed by atoms with van der Waals surface area (Å²) in [5.74, 6) is -9.26. The van der Waals surface area contributed by atoms with Gasteiger partial charge in [0.1, 0.15) is 54.4 Å². The minimum Gasteiger partial charge on any atom is -0.480 e. The summed E-state index contributed by atoms with van der Waals surface area (Å²) >= 11 is 0. The van der Waals surface area contributed by atoms with Gasteiger partial charge in [0.2, 0.25) is 53.2 Å². The number of aliphatic carboxylic acids is 1. The monoisotopic (exact) mass is 1250 g/mol. The molecule has 2 aromatic carbocycles. The zero-order valence-corrected chi connectivity index (χ0v) is 53.3. The number of carboxylic acid groups (broad SMARTS) is 1. The lowest BCUT2D eigenvalue weighted by Gasteiger charge is -2.30. The molecule has 0 unspecified atom stereocenters. The third-order valence-electron chi connectivity index (χ3n) is 15.2. The molecule has 0 aliphatic rings. The molecule has 500 valence electrons. The lowest BCUT2D eigenvalue weighted by Crippen LogP contribution is -2.62. The molecule has 0 saturated heterocycles. The van der Waals surface area contributed by atoms with Gasteiger partial charge in [0.05, 0.1) is 6.04 Å². The van der Waals surface area contributed by atoms with Crippen molar-refractivity contribution in [3.8, 4) is 0 Å². The van der Waals surface area contributed by atoms with Gasteiger partial charge < -0.3 is 87.4 Å². The zero-order chi connectivity index (χ0) is 66.4. The van der Waals surface area contributed by atoms with Crippen LogP contribution in [0.5, 0.6) is 0 Å². The van der Waals surface area contributed by atoms with Gasteiger partial charge in [0, 0.05) is 12.8 Å². The van der Waals surface area contributed by atoms with Crippen LogP contribution in [0.2, 0.25) is 0 Å². The van der Waals surface area contributed by atoms with Crippen molar-refractivity contribution in [1.29, 1.82) is 0 Å². The van der Waals surface area contributed by atoms with Crippen molar-refractivity contribution in [3.63, 3.8) is 0 Å². The first-order valence-electron chi connectivity index (χ1n) is 31.7. The van der Waals surface area contributed by atoms with Gasteiger partial charge in [-0.15, -0.1) is 0 Å². The normalized spacial score (nSPS) is 14.7. The molecule has 0 aliphatic heterocycles. The second kappa shape index (κ2) is 43.5. The Morgan fingerprint density at radius 3 is 0.910 bits per heavy atom. The van der Waals surface area contributed by atoms with Crippen LogP contribution in [0.4, 0.5) is 0 Å². The smallest absolute Gasteiger partial charge is 0.326 e. The van der Waals surface area contributed by atoms with Gasteiger partial charge in [0.15, 0.2) is 0 Å². The molecule has 9 amide bonds. The summed E-state index contributed by atoms with van der Waals surface area (Å²) in [5.41, 5.74) is 36.1. The van der Waals surface area contributed by atoms with Gasteiger partial charge >= 0.3 is 5.97 Å². The second-order valence-corrected chi connectivity index (χ2v) is 23.8. The fourth-order valence-corrected chi connectivity index (χ4v) is 9.77. The molecule has 0 spiro atoms. The number of carbonyl (C=O) groups is 10. The molecule has 22 N–H and O–H groups in total. The topological polar surface area (TPSA) is 455 Å². The molecule has 0 saturated carbocycles. The van der Waals surface area contributed by atoms with Gasteiger partial charge in [-0.2, -0.15) is 0 Å². The van der Waals surface area contributed by atoms with Crippen LogP contribution in [0.15, 0.2) is 60.7 Å². The van der Waals surface area contributed by atoms with E-state index in [-0.39, 0.29) is 51.6 Å². The molecule has 26 nitrogen and oxygen atoms in total. The number of unbranched alkanes of at least 4 members (excludes halogenated alkanes) is 5. The largest absolute Gasteiger partial charge is 0.480 e. The molecular weight excluding hydrogens is 1140 g/mol. The van der Waals surface area contributed by atoms with E-state index >= 15 is 0 Å². The molecule has 2 aromatic rings. The highest BCUT2D eigenvalue weighted by Gasteiger charge is 2.37. The van der Waals surface area contributed by atoms with Crippen molar-refractivity contribution in [1.82, 2.24) is 47.9 Å². The number of amides is 9. The van der Waals surface area contributed by atoms with Crippen molar-refractivity contribution in [2.75, 3.05) is 32.7 Å². The van der Waals surface area contributed by atoms with E-state index in [9.17, 15) is 53.1 Å². The minimum absolute atomic E-state index is 0.0155. The van der Waals surface area contributed by atoms with Gasteiger partial charge in [-0.05, 0) is 151 Å². The lowest BCUT2D eigenvalue weighted by molar-refractivity contribution is -0.142. The van der Waals surface area contributed by atoms with Crippen LogP contribution in [0, 0.1) is 17.8 Å². The molecule has 0 heterocycles. The Labute approximate surface area is 525 Å². The van der Waals surface area contributed by atoms with Crippen LogP contribution in [-0.4, -0.2) is 157 Å². The van der Waals surface area contributed by atoms with E-state index in [2.05, 4.69) is 47.9 Å². The molecule has 0 aromatic heterocycles. The average molecular weight is 1250 g/mol. The standard InChI is InChI=1S/C63H107N15O11/c1-39(2)51(60(85)72-45(28-14-19-33-65)55(80)74-49(37-42-23-9-7-10-24-42)59(84)73-48(63(88)89)31-17-22-36-68)76-57(82)47(30-16-21-35-67)71-58(83)50(38-43-25-11-8-12-26-43)75-61(86)52(40(3)4)78-62(87)53(41(5)6)77-56(81)46(29-15-20-34-66)70-54(79)44(69)27-13-18-32-64/h7-12,23-26,39-41,44-53H,13-22,27-38,64-69H2,1-6H3,(H,70,79)(H,71,83)(H,72,85)(H,73,84)(H,74,80)(H,75,86)(H,76,82)(H,77,81)(H,78,87)(H,88,89)/t44-,45-,46-,47+,48+,49-,50+,51+,52-,53-/m0/s1. The quantitative estimate of drug-likeness (QED) is 0.0384. The van der Waals surface area contributed by atoms with E-state index in [4.69, 9.17) is 34.4 Å². The van der Waals surface area contributed by atoms with E-state index in [1.165, 1.54) is 0 Å². The summed E-state index contributed by atoms with van der Waals surface area (Å²) in [5, 5.41) is 34.8. The predicted octanol–water partition coefficient (Wildman–Crippen LogP) is -0.140. The number of rotatable bonds is 46. The van der Waals surface area contributed by atoms with E-state index < -0.39 is 137 Å². The Kier molecular flexibility index (Phi) is 38.2. The number of benzene rings is 2. The number of hydrogen-bond donors (Lipinski definition) is 16. The Morgan fingerprint density at radius 2 is 0.573 bits per heavy atom. The number of nitrogens with two attached hydrogens (primary N) is 6. The number of carbonyl (C=O) groups excluding carboxylic acids is 9. The molecule has 26 heteroatoms. The van der Waals surface area contributed by atoms with Crippen LogP contribution in [-0.2, 0) is 60.8 Å². The molecule has 89 heavy (non-hydrogen) atoms. The fourth-order valence-electron chi connectivity index (χ4n) is 9.77. The van der Waals surface area contributed by atoms with Crippen molar-refractivity contribution < 1.29 is 53.1 Å². The summed E-state index contributed by atoms with van der Waals surface area (Å²) in [7, 11) is 0. The number of carboxylic acids is 1. The van der Waals surface area contributed by atoms with Crippen LogP contribution >= 0.6 is 0 Å². The average Bonchev–Trinajstić information content (AvgIpc) is 3.70. The summed E-state index contributed by atoms with van der Waals surface area (Å²) in [4.78, 5) is 140. The first-order chi connectivity index (χ1) is 42.4. The van der Waals surface area contributed by atoms with E-state index in [1.54, 1.807) is 102 Å². The Morgan fingerprint density at radius 1 is 0.326 bits per heavy atom. The first-order valence-corrected chi connectivity index (χ1v) is 31.7. The van der Waals surface area contributed by atoms with Gasteiger partial charge in [-0.25, -0.2) is 4.79 Å². The highest BCUT2D eigenvalue weighted by molar-refractivity contribution is 5.99. The zero-order valence-electron chi connectivity index (χ0n) is 53.3. The lowest BCUT2D eigenvalue weighted by atomic mass is 9.98. The molecule has 0 radical (unpaired) electrons. The molecular formula is C63H107N15O11. The van der Waals surface area contributed by atoms with Gasteiger partial charge in [-0.1, -0.05) is 109 Å². The van der Waals surface area contributed by atoms with Crippen molar-refractivity contribution >= 4 is 59.1 Å². The number of hydrogen-bond acceptors (Lipinski definition) is 16. The second-order valence-electron chi connectivity index (χ2n) is 23.8. The predicted molar refractivity (Wildman–Crippen MR) is 342 cm³/mol. The number of nitrogens with one attached hydrogen (secondary N) is 9. The maximum Gasteiger partial charge on any atom is 0.326 e. The fraction of sp³-hybridized carbons (Fsp3) is 0.651. The van der Waals surface area contributed by atoms with E-state index in [0.29, 0.717) is 101 Å². The Balaban J connectivity index is 2.48. The Bertz CT molecular complexity index is 2470. The van der Waals surface area contributed by atoms with E-state index in [1.807, 2.05) is 0 Å². The molecule has 2 rings (SSSR count). The molecule has 10 atom stereocenters. The molecule has 0 bridgehead atoms. The first kappa shape index (κ1) is 78.0. The van der Waals surface area contributed by atoms with E-state index in [0.717, 1.165) is 0 Å². The van der Waals surface area contributed by atoms with Crippen molar-refractivity contribution in [3.05, 3.63) is 71.8 Å². The summed E-state index contributed by atoms with van der Waals surface area (Å²) in [6, 6.07) is 5.57. The maximum atomic E-state index is 14.7. The van der Waals surface area contributed by atoms with Gasteiger partial charge in [-0.3, -0.25) is 43.2 Å². The molecule has 0 aliphatic carbocycles. The van der Waals surface area contributed by atoms with Crippen LogP contribution in [0.1, 0.15) is 149 Å². The Hall–Kier alpha value is -7.10. The highest BCUT2D eigenvalue weighted by Crippen LogP contribution is 2.15. The highest BCUT2D eigenvalue weighted by atomic mass is 16.4. The van der Waals surface area contributed by atoms with Crippen molar-refractivity contribution in [2.45, 2.75) is 211 Å². The maximum absolute atomic E-state index is 14.7. The van der Waals surface area contributed by atoms with Gasteiger partial charge in [0.25, 0.3) is 0 Å². The van der Waals surface area contributed by atoms with Crippen LogP contribution in [0.3, 0.4) is 0 Å². The minimum atomic E-state index is -1.33. The summed E-state index contributed by atoms with van der Waals surface area (Å²) in [6.45, 7) is 11.9. The third-order valence-corrected chi connectivity index (χ3v) is 15.2. The van der Waals surface area contributed by atoms with Crippen LogP contribution in [0.25, 0.3) is 0 Å². The molecule has 0 fully saturated rings. The summed E-state index contributed by atoms with van der Waals surface area (Å²) < 4.78 is 0. The van der Waals surface area contributed by atoms with Crippen molar-refractivity contribution in [2.24, 2.45) is 52.2 Å². The van der Waals surface area contributed by atoms with Crippen LogP contribution < -0.4 is 82.3 Å². The SMILES string of the molecule is CC(C)[C@H](NC(=O)[C@H](CCCCN)NC(=O)[C@@H](N)CCCCN)C(=O)N[C@H](C(=O)N[C@H](Cc1ccccc1)C(=O)N[C@H](CCCCN)C(=O)N[C@@H](C(=O)N[C@@H](CCCCN)C(=O)N[C@@H](Cc1ccccc1)C(=O)N[C@H](CCCCN)C(=O)O)C(C)C)C(C)C. The third kappa shape index (κ3) is 29.8.